The van der Waals surface area contributed by atoms with E-state index in [1.54, 1.807) is 6.07 Å². The van der Waals surface area contributed by atoms with Crippen LogP contribution in [0.5, 0.6) is 0 Å². The van der Waals surface area contributed by atoms with Crippen molar-refractivity contribution in [3.63, 3.8) is 0 Å². The standard InChI is InChI=1S/C18H23ClN2O3/c1-13-3-4-14(11-16(13)19)17(22)20-6-2-7-21(9-8-20)18(23)15-5-10-24-12-15/h3-4,11,15H,2,5-10,12H2,1H3. The van der Waals surface area contributed by atoms with Gasteiger partial charge in [-0.05, 0) is 37.5 Å². The molecule has 2 aliphatic heterocycles. The Labute approximate surface area is 147 Å². The highest BCUT2D eigenvalue weighted by Gasteiger charge is 2.30. The lowest BCUT2D eigenvalue weighted by molar-refractivity contribution is -0.135. The van der Waals surface area contributed by atoms with Gasteiger partial charge < -0.3 is 14.5 Å². The topological polar surface area (TPSA) is 49.9 Å². The van der Waals surface area contributed by atoms with Crippen molar-refractivity contribution in [2.75, 3.05) is 39.4 Å². The van der Waals surface area contributed by atoms with Crippen LogP contribution in [0.2, 0.25) is 5.02 Å². The van der Waals surface area contributed by atoms with Crippen LogP contribution in [0.15, 0.2) is 18.2 Å². The zero-order valence-electron chi connectivity index (χ0n) is 14.0. The highest BCUT2D eigenvalue weighted by Crippen LogP contribution is 2.20. The summed E-state index contributed by atoms with van der Waals surface area (Å²) < 4.78 is 5.31. The Morgan fingerprint density at radius 3 is 2.62 bits per heavy atom. The van der Waals surface area contributed by atoms with E-state index in [-0.39, 0.29) is 17.7 Å². The summed E-state index contributed by atoms with van der Waals surface area (Å²) in [7, 11) is 0. The molecule has 1 aromatic rings. The van der Waals surface area contributed by atoms with E-state index in [0.717, 1.165) is 18.4 Å². The molecular formula is C18H23ClN2O3. The Bertz CT molecular complexity index is 629. The van der Waals surface area contributed by atoms with E-state index in [0.29, 0.717) is 50.0 Å². The molecule has 1 atom stereocenters. The summed E-state index contributed by atoms with van der Waals surface area (Å²) in [6, 6.07) is 5.40. The first-order valence-corrected chi connectivity index (χ1v) is 8.86. The zero-order chi connectivity index (χ0) is 17.1. The third kappa shape index (κ3) is 3.73. The van der Waals surface area contributed by atoms with Crippen LogP contribution in [0.25, 0.3) is 0 Å². The number of nitrogens with zero attached hydrogens (tertiary/aromatic N) is 2. The van der Waals surface area contributed by atoms with Gasteiger partial charge in [0.25, 0.3) is 5.91 Å². The fourth-order valence-corrected chi connectivity index (χ4v) is 3.42. The molecule has 5 nitrogen and oxygen atoms in total. The summed E-state index contributed by atoms with van der Waals surface area (Å²) in [5, 5.41) is 0.605. The van der Waals surface area contributed by atoms with Crippen LogP contribution in [-0.4, -0.2) is 61.0 Å². The lowest BCUT2D eigenvalue weighted by atomic mass is 10.1. The maximum Gasteiger partial charge on any atom is 0.253 e. The molecule has 0 spiro atoms. The number of amides is 2. The summed E-state index contributed by atoms with van der Waals surface area (Å²) in [6.07, 6.45) is 1.60. The van der Waals surface area contributed by atoms with Crippen LogP contribution < -0.4 is 0 Å². The first kappa shape index (κ1) is 17.2. The van der Waals surface area contributed by atoms with Gasteiger partial charge in [0.2, 0.25) is 5.91 Å². The third-order valence-corrected chi connectivity index (χ3v) is 5.20. The van der Waals surface area contributed by atoms with E-state index >= 15 is 0 Å². The maximum atomic E-state index is 12.7. The summed E-state index contributed by atoms with van der Waals surface area (Å²) in [5.41, 5.74) is 1.56. The molecule has 0 bridgehead atoms. The summed E-state index contributed by atoms with van der Waals surface area (Å²) in [4.78, 5) is 28.9. The average molecular weight is 351 g/mol. The molecule has 0 radical (unpaired) electrons. The summed E-state index contributed by atoms with van der Waals surface area (Å²) in [6.45, 7) is 5.62. The number of aryl methyl sites for hydroxylation is 1. The molecule has 0 aliphatic carbocycles. The smallest absolute Gasteiger partial charge is 0.253 e. The van der Waals surface area contributed by atoms with E-state index in [9.17, 15) is 9.59 Å². The molecule has 6 heteroatoms. The summed E-state index contributed by atoms with van der Waals surface area (Å²) >= 11 is 6.13. The van der Waals surface area contributed by atoms with Gasteiger partial charge >= 0.3 is 0 Å². The predicted octanol–water partition coefficient (Wildman–Crippen LogP) is 2.36. The monoisotopic (exact) mass is 350 g/mol. The third-order valence-electron chi connectivity index (χ3n) is 4.79. The Morgan fingerprint density at radius 1 is 1.17 bits per heavy atom. The van der Waals surface area contributed by atoms with Gasteiger partial charge in [0, 0.05) is 43.4 Å². The number of hydrogen-bond donors (Lipinski definition) is 0. The van der Waals surface area contributed by atoms with Crippen molar-refractivity contribution in [2.24, 2.45) is 5.92 Å². The minimum absolute atomic E-state index is 0.0110. The van der Waals surface area contributed by atoms with Crippen molar-refractivity contribution in [3.8, 4) is 0 Å². The van der Waals surface area contributed by atoms with Crippen LogP contribution in [0.1, 0.15) is 28.8 Å². The van der Waals surface area contributed by atoms with Gasteiger partial charge in [0.15, 0.2) is 0 Å². The van der Waals surface area contributed by atoms with Gasteiger partial charge in [0.1, 0.15) is 0 Å². The number of hydrogen-bond acceptors (Lipinski definition) is 3. The molecule has 1 unspecified atom stereocenters. The highest BCUT2D eigenvalue weighted by atomic mass is 35.5. The van der Waals surface area contributed by atoms with E-state index in [1.807, 2.05) is 28.9 Å². The molecule has 1 aromatic carbocycles. The fourth-order valence-electron chi connectivity index (χ4n) is 3.24. The number of carbonyl (C=O) groups is 2. The second-order valence-corrected chi connectivity index (χ2v) is 6.90. The molecule has 0 aromatic heterocycles. The SMILES string of the molecule is Cc1ccc(C(=O)N2CCCN(C(=O)C3CCOC3)CC2)cc1Cl. The van der Waals surface area contributed by atoms with Crippen LogP contribution in [0.4, 0.5) is 0 Å². The van der Waals surface area contributed by atoms with Crippen molar-refractivity contribution in [1.29, 1.82) is 0 Å². The Balaban J connectivity index is 1.63. The molecule has 3 rings (SSSR count). The van der Waals surface area contributed by atoms with Crippen molar-refractivity contribution >= 4 is 23.4 Å². The van der Waals surface area contributed by atoms with E-state index in [1.165, 1.54) is 0 Å². The van der Waals surface area contributed by atoms with Gasteiger partial charge in [-0.3, -0.25) is 9.59 Å². The molecule has 130 valence electrons. The predicted molar refractivity (Wildman–Crippen MR) is 92.2 cm³/mol. The number of carbonyl (C=O) groups excluding carboxylic acids is 2. The number of halogens is 1. The lowest BCUT2D eigenvalue weighted by Crippen LogP contribution is -2.40. The number of benzene rings is 1. The van der Waals surface area contributed by atoms with Gasteiger partial charge in [-0.25, -0.2) is 0 Å². The van der Waals surface area contributed by atoms with E-state index in [2.05, 4.69) is 0 Å². The molecule has 24 heavy (non-hydrogen) atoms. The normalized spacial score (nSPS) is 21.7. The van der Waals surface area contributed by atoms with Gasteiger partial charge in [-0.2, -0.15) is 0 Å². The Kier molecular flexibility index (Phi) is 5.41. The average Bonchev–Trinajstić information content (AvgIpc) is 3.00. The van der Waals surface area contributed by atoms with E-state index < -0.39 is 0 Å². The Hall–Kier alpha value is -1.59. The summed E-state index contributed by atoms with van der Waals surface area (Å²) in [5.74, 6) is 0.138. The molecule has 2 heterocycles. The van der Waals surface area contributed by atoms with Gasteiger partial charge in [-0.15, -0.1) is 0 Å². The van der Waals surface area contributed by atoms with Crippen molar-refractivity contribution < 1.29 is 14.3 Å². The first-order chi connectivity index (χ1) is 11.6. The van der Waals surface area contributed by atoms with E-state index in [4.69, 9.17) is 16.3 Å². The number of ether oxygens (including phenoxy) is 1. The fraction of sp³-hybridized carbons (Fsp3) is 0.556. The van der Waals surface area contributed by atoms with Crippen molar-refractivity contribution in [3.05, 3.63) is 34.3 Å². The number of rotatable bonds is 2. The Morgan fingerprint density at radius 2 is 1.92 bits per heavy atom. The lowest BCUT2D eigenvalue weighted by Gasteiger charge is -2.24. The molecule has 2 fully saturated rings. The highest BCUT2D eigenvalue weighted by molar-refractivity contribution is 6.31. The minimum atomic E-state index is -0.0181. The largest absolute Gasteiger partial charge is 0.381 e. The van der Waals surface area contributed by atoms with Crippen LogP contribution in [0.3, 0.4) is 0 Å². The molecule has 0 N–H and O–H groups in total. The van der Waals surface area contributed by atoms with Crippen molar-refractivity contribution in [2.45, 2.75) is 19.8 Å². The molecule has 2 amide bonds. The second-order valence-electron chi connectivity index (χ2n) is 6.50. The quantitative estimate of drug-likeness (QED) is 0.822. The molecule has 2 saturated heterocycles. The van der Waals surface area contributed by atoms with Crippen molar-refractivity contribution in [1.82, 2.24) is 9.80 Å². The first-order valence-electron chi connectivity index (χ1n) is 8.48. The molecular weight excluding hydrogens is 328 g/mol. The van der Waals surface area contributed by atoms with Crippen LogP contribution >= 0.6 is 11.6 Å². The van der Waals surface area contributed by atoms with Gasteiger partial charge in [0.05, 0.1) is 12.5 Å². The second kappa shape index (κ2) is 7.53. The van der Waals surface area contributed by atoms with Crippen LogP contribution in [-0.2, 0) is 9.53 Å². The minimum Gasteiger partial charge on any atom is -0.381 e. The maximum absolute atomic E-state index is 12.7. The zero-order valence-corrected chi connectivity index (χ0v) is 14.7. The molecule has 2 aliphatic rings. The van der Waals surface area contributed by atoms with Crippen LogP contribution in [0, 0.1) is 12.8 Å². The molecule has 0 saturated carbocycles. The van der Waals surface area contributed by atoms with Gasteiger partial charge in [-0.1, -0.05) is 17.7 Å².